The van der Waals surface area contributed by atoms with E-state index in [-0.39, 0.29) is 11.9 Å². The number of carbonyl (C=O) groups is 1. The van der Waals surface area contributed by atoms with Gasteiger partial charge in [0.1, 0.15) is 11.9 Å². The standard InChI is InChI=1S/C10H9BrN2O/c1-6-10(14)13-9(12-6)7-2-4-8(11)5-3-7/h2-6H,1H3,(H,12,13,14). The van der Waals surface area contributed by atoms with Crippen LogP contribution in [0.3, 0.4) is 0 Å². The van der Waals surface area contributed by atoms with Crippen LogP contribution in [0.25, 0.3) is 0 Å². The monoisotopic (exact) mass is 252 g/mol. The lowest BCUT2D eigenvalue weighted by Gasteiger charge is -2.00. The van der Waals surface area contributed by atoms with Crippen molar-refractivity contribution < 1.29 is 4.79 Å². The van der Waals surface area contributed by atoms with Gasteiger partial charge in [0, 0.05) is 10.0 Å². The zero-order chi connectivity index (χ0) is 10.1. The second-order valence-corrected chi connectivity index (χ2v) is 4.07. The van der Waals surface area contributed by atoms with Gasteiger partial charge in [-0.2, -0.15) is 0 Å². The van der Waals surface area contributed by atoms with Gasteiger partial charge in [-0.1, -0.05) is 28.1 Å². The first-order valence-corrected chi connectivity index (χ1v) is 5.11. The molecule has 0 fully saturated rings. The number of carbonyl (C=O) groups excluding carboxylic acids is 1. The zero-order valence-electron chi connectivity index (χ0n) is 7.62. The molecule has 1 aromatic rings. The van der Waals surface area contributed by atoms with Gasteiger partial charge in [-0.15, -0.1) is 0 Å². The van der Waals surface area contributed by atoms with Crippen molar-refractivity contribution in [1.82, 2.24) is 5.32 Å². The van der Waals surface area contributed by atoms with Gasteiger partial charge in [-0.25, -0.2) is 0 Å². The maximum atomic E-state index is 11.2. The van der Waals surface area contributed by atoms with Crippen molar-refractivity contribution in [3.05, 3.63) is 34.3 Å². The summed E-state index contributed by atoms with van der Waals surface area (Å²) in [6.45, 7) is 1.78. The summed E-state index contributed by atoms with van der Waals surface area (Å²) in [5, 5.41) is 2.74. The number of hydrogen-bond acceptors (Lipinski definition) is 2. The predicted molar refractivity (Wildman–Crippen MR) is 58.3 cm³/mol. The van der Waals surface area contributed by atoms with E-state index in [1.165, 1.54) is 0 Å². The van der Waals surface area contributed by atoms with Crippen molar-refractivity contribution in [2.24, 2.45) is 4.99 Å². The maximum Gasteiger partial charge on any atom is 0.250 e. The number of amidine groups is 1. The quantitative estimate of drug-likeness (QED) is 0.813. The number of nitrogens with zero attached hydrogens (tertiary/aromatic N) is 1. The van der Waals surface area contributed by atoms with Gasteiger partial charge in [-0.3, -0.25) is 9.79 Å². The Balaban J connectivity index is 2.29. The molecule has 1 heterocycles. The highest BCUT2D eigenvalue weighted by Crippen LogP contribution is 2.13. The molecule has 1 unspecified atom stereocenters. The second-order valence-electron chi connectivity index (χ2n) is 3.15. The second kappa shape index (κ2) is 3.53. The molecular weight excluding hydrogens is 244 g/mol. The third-order valence-electron chi connectivity index (χ3n) is 2.06. The molecule has 0 saturated carbocycles. The van der Waals surface area contributed by atoms with Gasteiger partial charge in [0.15, 0.2) is 0 Å². The average Bonchev–Trinajstić information content (AvgIpc) is 2.48. The molecule has 14 heavy (non-hydrogen) atoms. The third-order valence-corrected chi connectivity index (χ3v) is 2.59. The molecule has 1 atom stereocenters. The van der Waals surface area contributed by atoms with Gasteiger partial charge >= 0.3 is 0 Å². The summed E-state index contributed by atoms with van der Waals surface area (Å²) in [5.74, 6) is 0.623. The van der Waals surface area contributed by atoms with Gasteiger partial charge < -0.3 is 5.32 Å². The summed E-state index contributed by atoms with van der Waals surface area (Å²) in [6, 6.07) is 7.41. The van der Waals surface area contributed by atoms with Crippen LogP contribution in [0, 0.1) is 0 Å². The first-order valence-electron chi connectivity index (χ1n) is 4.31. The Kier molecular flexibility index (Phi) is 2.37. The molecule has 0 bridgehead atoms. The van der Waals surface area contributed by atoms with Crippen LogP contribution in [-0.4, -0.2) is 17.8 Å². The maximum absolute atomic E-state index is 11.2. The molecule has 1 aromatic carbocycles. The highest BCUT2D eigenvalue weighted by Gasteiger charge is 2.22. The molecule has 0 aliphatic carbocycles. The van der Waals surface area contributed by atoms with Crippen LogP contribution in [-0.2, 0) is 4.79 Å². The van der Waals surface area contributed by atoms with Crippen molar-refractivity contribution in [2.75, 3.05) is 0 Å². The van der Waals surface area contributed by atoms with Crippen molar-refractivity contribution in [2.45, 2.75) is 13.0 Å². The number of halogens is 1. The van der Waals surface area contributed by atoms with Crippen molar-refractivity contribution in [3.63, 3.8) is 0 Å². The summed E-state index contributed by atoms with van der Waals surface area (Å²) < 4.78 is 1.01. The van der Waals surface area contributed by atoms with Crippen LogP contribution in [0.5, 0.6) is 0 Å². The molecule has 1 N–H and O–H groups in total. The molecule has 1 amide bonds. The Morgan fingerprint density at radius 3 is 2.50 bits per heavy atom. The Bertz CT molecular complexity index is 397. The van der Waals surface area contributed by atoms with Crippen molar-refractivity contribution in [1.29, 1.82) is 0 Å². The Hall–Kier alpha value is -1.16. The smallest absolute Gasteiger partial charge is 0.250 e. The minimum atomic E-state index is -0.270. The molecule has 0 spiro atoms. The molecule has 72 valence electrons. The van der Waals surface area contributed by atoms with E-state index in [1.807, 2.05) is 24.3 Å². The molecular formula is C10H9BrN2O. The van der Waals surface area contributed by atoms with Gasteiger partial charge in [0.25, 0.3) is 0 Å². The van der Waals surface area contributed by atoms with Crippen LogP contribution in [0.15, 0.2) is 33.7 Å². The summed E-state index contributed by atoms with van der Waals surface area (Å²) in [4.78, 5) is 15.4. The van der Waals surface area contributed by atoms with E-state index in [9.17, 15) is 4.79 Å². The number of amides is 1. The van der Waals surface area contributed by atoms with Gasteiger partial charge in [0.2, 0.25) is 5.91 Å². The van der Waals surface area contributed by atoms with E-state index in [0.717, 1.165) is 10.0 Å². The van der Waals surface area contributed by atoms with E-state index < -0.39 is 0 Å². The van der Waals surface area contributed by atoms with Gasteiger partial charge in [0.05, 0.1) is 0 Å². The summed E-state index contributed by atoms with van der Waals surface area (Å²) in [6.07, 6.45) is 0. The number of rotatable bonds is 1. The fraction of sp³-hybridized carbons (Fsp3) is 0.200. The molecule has 3 nitrogen and oxygen atoms in total. The van der Waals surface area contributed by atoms with Crippen LogP contribution >= 0.6 is 15.9 Å². The number of nitrogens with one attached hydrogen (secondary N) is 1. The molecule has 4 heteroatoms. The molecule has 0 aromatic heterocycles. The first kappa shape index (κ1) is 9.40. The Morgan fingerprint density at radius 1 is 1.36 bits per heavy atom. The largest absolute Gasteiger partial charge is 0.309 e. The molecule has 0 radical (unpaired) electrons. The molecule has 1 aliphatic rings. The van der Waals surface area contributed by atoms with Crippen LogP contribution in [0.1, 0.15) is 12.5 Å². The van der Waals surface area contributed by atoms with Gasteiger partial charge in [-0.05, 0) is 19.1 Å². The predicted octanol–water partition coefficient (Wildman–Crippen LogP) is 1.71. The van der Waals surface area contributed by atoms with E-state index >= 15 is 0 Å². The van der Waals surface area contributed by atoms with E-state index in [2.05, 4.69) is 26.2 Å². The fourth-order valence-electron chi connectivity index (χ4n) is 1.26. The number of aliphatic imine (C=N–C) groups is 1. The highest BCUT2D eigenvalue weighted by atomic mass is 79.9. The lowest BCUT2D eigenvalue weighted by Crippen LogP contribution is -2.27. The normalized spacial score (nSPS) is 20.6. The van der Waals surface area contributed by atoms with Crippen LogP contribution in [0.2, 0.25) is 0 Å². The topological polar surface area (TPSA) is 41.5 Å². The summed E-state index contributed by atoms with van der Waals surface area (Å²) in [7, 11) is 0. The lowest BCUT2D eigenvalue weighted by atomic mass is 10.2. The van der Waals surface area contributed by atoms with Crippen LogP contribution < -0.4 is 5.32 Å². The average molecular weight is 253 g/mol. The zero-order valence-corrected chi connectivity index (χ0v) is 9.21. The highest BCUT2D eigenvalue weighted by molar-refractivity contribution is 9.10. The molecule has 2 rings (SSSR count). The molecule has 0 saturated heterocycles. The fourth-order valence-corrected chi connectivity index (χ4v) is 1.52. The Morgan fingerprint density at radius 2 is 2.00 bits per heavy atom. The Labute approximate surface area is 90.4 Å². The summed E-state index contributed by atoms with van der Waals surface area (Å²) >= 11 is 3.35. The number of hydrogen-bond donors (Lipinski definition) is 1. The first-order chi connectivity index (χ1) is 6.66. The van der Waals surface area contributed by atoms with E-state index in [1.54, 1.807) is 6.92 Å². The number of benzene rings is 1. The van der Waals surface area contributed by atoms with Crippen molar-refractivity contribution in [3.8, 4) is 0 Å². The third kappa shape index (κ3) is 1.70. The lowest BCUT2D eigenvalue weighted by molar-refractivity contribution is -0.119. The van der Waals surface area contributed by atoms with E-state index in [0.29, 0.717) is 5.84 Å². The minimum absolute atomic E-state index is 0.0390. The minimum Gasteiger partial charge on any atom is -0.309 e. The SMILES string of the molecule is CC1N=C(c2ccc(Br)cc2)NC1=O. The van der Waals surface area contributed by atoms with Crippen molar-refractivity contribution >= 4 is 27.7 Å². The van der Waals surface area contributed by atoms with E-state index in [4.69, 9.17) is 0 Å². The summed E-state index contributed by atoms with van der Waals surface area (Å²) in [5.41, 5.74) is 0.936. The van der Waals surface area contributed by atoms with Crippen LogP contribution in [0.4, 0.5) is 0 Å². The molecule has 1 aliphatic heterocycles.